The fourth-order valence-electron chi connectivity index (χ4n) is 1.31. The maximum Gasteiger partial charge on any atom is 0.389 e. The molecule has 19 heavy (non-hydrogen) atoms. The zero-order valence-corrected chi connectivity index (χ0v) is 9.85. The molecule has 0 radical (unpaired) electrons. The predicted octanol–water partition coefficient (Wildman–Crippen LogP) is -0.0632. The fraction of sp³-hybridized carbons (Fsp3) is 0.300. The number of amides is 1. The molecule has 0 saturated carbocycles. The van der Waals surface area contributed by atoms with Gasteiger partial charge in [0.1, 0.15) is 12.6 Å². The van der Waals surface area contributed by atoms with Gasteiger partial charge in [-0.15, -0.1) is 6.58 Å². The maximum atomic E-state index is 11.5. The van der Waals surface area contributed by atoms with Gasteiger partial charge >= 0.3 is 11.8 Å². The monoisotopic (exact) mass is 268 g/mol. The average molecular weight is 268 g/mol. The predicted molar refractivity (Wildman–Crippen MR) is 63.3 cm³/mol. The SMILES string of the molecule is C=CCC(NC(=O)Cn1ccc([N+](=O)[O-])n1)C(=O)O. The molecular formula is C10H12N4O5. The lowest BCUT2D eigenvalue weighted by atomic mass is 10.2. The van der Waals surface area contributed by atoms with Crippen molar-refractivity contribution in [1.29, 1.82) is 0 Å². The first-order chi connectivity index (χ1) is 8.93. The van der Waals surface area contributed by atoms with E-state index in [9.17, 15) is 19.7 Å². The number of nitrogens with one attached hydrogen (secondary N) is 1. The van der Waals surface area contributed by atoms with Crippen LogP contribution in [-0.4, -0.2) is 37.7 Å². The molecule has 0 saturated heterocycles. The number of nitrogens with zero attached hydrogens (tertiary/aromatic N) is 3. The van der Waals surface area contributed by atoms with Crippen LogP contribution in [0.1, 0.15) is 6.42 Å². The lowest BCUT2D eigenvalue weighted by Gasteiger charge is -2.11. The van der Waals surface area contributed by atoms with Crippen LogP contribution >= 0.6 is 0 Å². The van der Waals surface area contributed by atoms with Crippen molar-refractivity contribution in [3.8, 4) is 0 Å². The zero-order chi connectivity index (χ0) is 14.4. The minimum Gasteiger partial charge on any atom is -0.480 e. The summed E-state index contributed by atoms with van der Waals surface area (Å²) >= 11 is 0. The average Bonchev–Trinajstić information content (AvgIpc) is 2.76. The molecule has 0 aromatic carbocycles. The molecule has 1 atom stereocenters. The van der Waals surface area contributed by atoms with Crippen molar-refractivity contribution in [2.45, 2.75) is 19.0 Å². The van der Waals surface area contributed by atoms with Gasteiger partial charge in [-0.3, -0.25) is 4.79 Å². The molecule has 1 rings (SSSR count). The van der Waals surface area contributed by atoms with Crippen LogP contribution in [0.25, 0.3) is 0 Å². The number of hydrogen-bond acceptors (Lipinski definition) is 5. The molecule has 1 amide bonds. The molecule has 1 unspecified atom stereocenters. The number of aromatic nitrogens is 2. The van der Waals surface area contributed by atoms with Gasteiger partial charge in [0.05, 0.1) is 17.4 Å². The van der Waals surface area contributed by atoms with E-state index in [4.69, 9.17) is 5.11 Å². The van der Waals surface area contributed by atoms with Gasteiger partial charge in [0.2, 0.25) is 5.91 Å². The second-order valence-corrected chi connectivity index (χ2v) is 3.61. The smallest absolute Gasteiger partial charge is 0.389 e. The van der Waals surface area contributed by atoms with Crippen LogP contribution in [0.2, 0.25) is 0 Å². The van der Waals surface area contributed by atoms with E-state index < -0.39 is 22.8 Å². The second-order valence-electron chi connectivity index (χ2n) is 3.61. The Balaban J connectivity index is 2.60. The molecule has 9 heteroatoms. The van der Waals surface area contributed by atoms with Crippen molar-refractivity contribution in [1.82, 2.24) is 15.1 Å². The van der Waals surface area contributed by atoms with Crippen LogP contribution in [0.5, 0.6) is 0 Å². The molecule has 0 aliphatic rings. The molecule has 2 N–H and O–H groups in total. The minimum atomic E-state index is -1.18. The lowest BCUT2D eigenvalue weighted by molar-refractivity contribution is -0.389. The molecule has 1 aromatic rings. The van der Waals surface area contributed by atoms with Gasteiger partial charge in [-0.2, -0.15) is 4.68 Å². The summed E-state index contributed by atoms with van der Waals surface area (Å²) in [7, 11) is 0. The zero-order valence-electron chi connectivity index (χ0n) is 9.85. The van der Waals surface area contributed by atoms with E-state index in [1.165, 1.54) is 12.3 Å². The molecule has 0 bridgehead atoms. The quantitative estimate of drug-likeness (QED) is 0.405. The van der Waals surface area contributed by atoms with Crippen LogP contribution in [0.4, 0.5) is 5.82 Å². The van der Waals surface area contributed by atoms with Gasteiger partial charge in [0, 0.05) is 0 Å². The van der Waals surface area contributed by atoms with Gasteiger partial charge in [-0.1, -0.05) is 6.08 Å². The molecule has 0 fully saturated rings. The van der Waals surface area contributed by atoms with Gasteiger partial charge in [0.15, 0.2) is 0 Å². The number of carbonyl (C=O) groups excluding carboxylic acids is 1. The molecule has 0 spiro atoms. The topological polar surface area (TPSA) is 127 Å². The highest BCUT2D eigenvalue weighted by Crippen LogP contribution is 2.05. The molecule has 0 aliphatic carbocycles. The molecular weight excluding hydrogens is 256 g/mol. The van der Waals surface area contributed by atoms with Crippen molar-refractivity contribution < 1.29 is 19.6 Å². The summed E-state index contributed by atoms with van der Waals surface area (Å²) < 4.78 is 1.06. The minimum absolute atomic E-state index is 0.0837. The van der Waals surface area contributed by atoms with Gasteiger partial charge in [0.25, 0.3) is 0 Å². The van der Waals surface area contributed by atoms with Gasteiger partial charge < -0.3 is 20.5 Å². The van der Waals surface area contributed by atoms with E-state index in [1.807, 2.05) is 0 Å². The van der Waals surface area contributed by atoms with Crippen LogP contribution in [0, 0.1) is 10.1 Å². The van der Waals surface area contributed by atoms with Gasteiger partial charge in [-0.05, 0) is 11.3 Å². The van der Waals surface area contributed by atoms with E-state index in [-0.39, 0.29) is 18.8 Å². The van der Waals surface area contributed by atoms with Crippen LogP contribution < -0.4 is 5.32 Å². The van der Waals surface area contributed by atoms with Crippen molar-refractivity contribution in [3.05, 3.63) is 35.0 Å². The van der Waals surface area contributed by atoms with Crippen molar-refractivity contribution >= 4 is 17.7 Å². The summed E-state index contributed by atoms with van der Waals surface area (Å²) in [5.74, 6) is -2.17. The van der Waals surface area contributed by atoms with E-state index in [1.54, 1.807) is 0 Å². The number of carboxylic acid groups (broad SMARTS) is 1. The van der Waals surface area contributed by atoms with E-state index >= 15 is 0 Å². The number of aliphatic carboxylic acids is 1. The van der Waals surface area contributed by atoms with Crippen molar-refractivity contribution in [3.63, 3.8) is 0 Å². The molecule has 9 nitrogen and oxygen atoms in total. The number of nitro groups is 1. The third-order valence-corrected chi connectivity index (χ3v) is 2.15. The van der Waals surface area contributed by atoms with Crippen LogP contribution in [0.15, 0.2) is 24.9 Å². The second kappa shape index (κ2) is 6.28. The third kappa shape index (κ3) is 4.22. The van der Waals surface area contributed by atoms with Crippen molar-refractivity contribution in [2.24, 2.45) is 0 Å². The van der Waals surface area contributed by atoms with Crippen LogP contribution in [0.3, 0.4) is 0 Å². The van der Waals surface area contributed by atoms with E-state index in [2.05, 4.69) is 17.0 Å². The summed E-state index contributed by atoms with van der Waals surface area (Å²) in [6, 6.07) is 0.0710. The first-order valence-corrected chi connectivity index (χ1v) is 5.25. The van der Waals surface area contributed by atoms with Gasteiger partial charge in [-0.25, -0.2) is 4.79 Å². The Morgan fingerprint density at radius 1 is 1.68 bits per heavy atom. The normalized spacial score (nSPS) is 11.6. The summed E-state index contributed by atoms with van der Waals surface area (Å²) in [6.45, 7) is 3.09. The Hall–Kier alpha value is -2.71. The molecule has 1 heterocycles. The molecule has 102 valence electrons. The Bertz CT molecular complexity index is 510. The summed E-state index contributed by atoms with van der Waals surface area (Å²) in [5.41, 5.74) is 0. The Morgan fingerprint density at radius 3 is 2.84 bits per heavy atom. The summed E-state index contributed by atoms with van der Waals surface area (Å²) in [4.78, 5) is 32.0. The highest BCUT2D eigenvalue weighted by Gasteiger charge is 2.20. The van der Waals surface area contributed by atoms with E-state index in [0.29, 0.717) is 0 Å². The number of hydrogen-bond donors (Lipinski definition) is 2. The number of carboxylic acids is 1. The van der Waals surface area contributed by atoms with Crippen molar-refractivity contribution in [2.75, 3.05) is 0 Å². The summed E-state index contributed by atoms with van der Waals surface area (Å²) in [5, 5.41) is 25.0. The lowest BCUT2D eigenvalue weighted by Crippen LogP contribution is -2.42. The Morgan fingerprint density at radius 2 is 2.37 bits per heavy atom. The maximum absolute atomic E-state index is 11.5. The Labute approximate surface area is 107 Å². The summed E-state index contributed by atoms with van der Waals surface area (Å²) in [6.07, 6.45) is 2.72. The first kappa shape index (κ1) is 14.4. The van der Waals surface area contributed by atoms with E-state index in [0.717, 1.165) is 10.7 Å². The fourth-order valence-corrected chi connectivity index (χ4v) is 1.31. The third-order valence-electron chi connectivity index (χ3n) is 2.15. The molecule has 0 aliphatic heterocycles. The first-order valence-electron chi connectivity index (χ1n) is 5.25. The number of carbonyl (C=O) groups is 2. The standard InChI is InChI=1S/C10H12N4O5/c1-2-3-7(10(16)17)11-9(15)6-13-5-4-8(12-13)14(18)19/h2,4-5,7H,1,3,6H2,(H,11,15)(H,16,17). The van der Waals surface area contributed by atoms with Crippen LogP contribution in [-0.2, 0) is 16.1 Å². The Kier molecular flexibility index (Phi) is 4.75. The highest BCUT2D eigenvalue weighted by molar-refractivity contribution is 5.83. The largest absolute Gasteiger partial charge is 0.480 e. The number of rotatable bonds is 7. The molecule has 1 aromatic heterocycles. The highest BCUT2D eigenvalue weighted by atomic mass is 16.6.